The van der Waals surface area contributed by atoms with Crippen LogP contribution in [0.1, 0.15) is 68.6 Å². The summed E-state index contributed by atoms with van der Waals surface area (Å²) in [6, 6.07) is 15.9. The van der Waals surface area contributed by atoms with E-state index in [1.54, 1.807) is 0 Å². The lowest BCUT2D eigenvalue weighted by molar-refractivity contribution is 0.611. The summed E-state index contributed by atoms with van der Waals surface area (Å²) in [6.45, 7) is 2.28. The van der Waals surface area contributed by atoms with Crippen LogP contribution in [-0.4, -0.2) is 0 Å². The minimum absolute atomic E-state index is 1.10. The third-order valence-electron chi connectivity index (χ3n) is 5.48. The normalized spacial score (nSPS) is 12.8. The Morgan fingerprint density at radius 3 is 2.73 bits per heavy atom. The molecule has 0 fully saturated rings. The highest BCUT2D eigenvalue weighted by Gasteiger charge is 2.22. The molecule has 0 radical (unpaired) electrons. The third kappa shape index (κ3) is 3.64. The van der Waals surface area contributed by atoms with Crippen molar-refractivity contribution in [3.63, 3.8) is 0 Å². The number of hydrogen-bond acceptors (Lipinski definition) is 1. The molecule has 2 aromatic carbocycles. The zero-order valence-electron chi connectivity index (χ0n) is 15.8. The van der Waals surface area contributed by atoms with Gasteiger partial charge in [-0.3, -0.25) is 0 Å². The minimum atomic E-state index is 1.10. The average molecular weight is 361 g/mol. The molecule has 0 unspecified atom stereocenters. The molecule has 0 bridgehead atoms. The van der Waals surface area contributed by atoms with E-state index in [0.29, 0.717) is 0 Å². The number of allylic oxidation sites excluding steroid dienone is 1. The molecule has 0 amide bonds. The van der Waals surface area contributed by atoms with Crippen molar-refractivity contribution in [2.75, 3.05) is 0 Å². The second-order valence-electron chi connectivity index (χ2n) is 7.46. The first-order valence-electron chi connectivity index (χ1n) is 10.2. The Balaban J connectivity index is 1.41. The van der Waals surface area contributed by atoms with E-state index in [1.807, 2.05) is 11.3 Å². The Kier molecular flexibility index (Phi) is 5.55. The van der Waals surface area contributed by atoms with Crippen LogP contribution in [0.3, 0.4) is 0 Å². The maximum Gasteiger partial charge on any atom is 0.0393 e. The predicted molar refractivity (Wildman–Crippen MR) is 117 cm³/mol. The lowest BCUT2D eigenvalue weighted by Crippen LogP contribution is -1.80. The van der Waals surface area contributed by atoms with Crippen LogP contribution >= 0.6 is 11.3 Å². The highest BCUT2D eigenvalue weighted by molar-refractivity contribution is 7.22. The zero-order chi connectivity index (χ0) is 17.8. The zero-order valence-corrected chi connectivity index (χ0v) is 16.6. The Bertz CT molecular complexity index is 913. The van der Waals surface area contributed by atoms with Crippen molar-refractivity contribution < 1.29 is 0 Å². The lowest BCUT2D eigenvalue weighted by Gasteiger charge is -2.00. The summed E-state index contributed by atoms with van der Waals surface area (Å²) in [6.07, 6.45) is 15.2. The van der Waals surface area contributed by atoms with Crippen LogP contribution in [0.5, 0.6) is 0 Å². The molecule has 1 aliphatic carbocycles. The van der Waals surface area contributed by atoms with Crippen LogP contribution in [0.2, 0.25) is 0 Å². The fourth-order valence-electron chi connectivity index (χ4n) is 4.01. The van der Waals surface area contributed by atoms with E-state index in [4.69, 9.17) is 0 Å². The maximum atomic E-state index is 2.37. The van der Waals surface area contributed by atoms with E-state index >= 15 is 0 Å². The number of rotatable bonds is 8. The molecule has 0 atom stereocenters. The van der Waals surface area contributed by atoms with Gasteiger partial charge in [0.05, 0.1) is 0 Å². The van der Waals surface area contributed by atoms with Gasteiger partial charge in [0.25, 0.3) is 0 Å². The summed E-state index contributed by atoms with van der Waals surface area (Å²) >= 11 is 1.96. The Labute approximate surface area is 161 Å². The monoisotopic (exact) mass is 360 g/mol. The first-order chi connectivity index (χ1) is 12.9. The van der Waals surface area contributed by atoms with E-state index in [9.17, 15) is 0 Å². The van der Waals surface area contributed by atoms with Crippen LogP contribution in [0.4, 0.5) is 0 Å². The van der Waals surface area contributed by atoms with Crippen LogP contribution < -0.4 is 0 Å². The second-order valence-corrected chi connectivity index (χ2v) is 8.51. The molecule has 4 rings (SSSR count). The molecule has 134 valence electrons. The fraction of sp³-hybridized carbons (Fsp3) is 0.360. The van der Waals surface area contributed by atoms with E-state index in [-0.39, 0.29) is 0 Å². The van der Waals surface area contributed by atoms with Gasteiger partial charge in [-0.2, -0.15) is 0 Å². The standard InChI is InChI=1S/C25H28S/c1-2-3-4-5-6-7-8-9-12-19-15-16-22-23-18-20-13-10-11-14-21(20)25(23)26-24(22)17-19/h9-17H,2-8,18H2,1H3/b12-9+. The molecule has 0 saturated carbocycles. The lowest BCUT2D eigenvalue weighted by atomic mass is 10.1. The van der Waals surface area contributed by atoms with Gasteiger partial charge in [-0.05, 0) is 46.5 Å². The average Bonchev–Trinajstić information content (AvgIpc) is 3.19. The van der Waals surface area contributed by atoms with Gasteiger partial charge in [0.1, 0.15) is 0 Å². The Morgan fingerprint density at radius 2 is 1.81 bits per heavy atom. The molecule has 1 aliphatic rings. The highest BCUT2D eigenvalue weighted by atomic mass is 32.1. The van der Waals surface area contributed by atoms with Crippen molar-refractivity contribution in [3.05, 3.63) is 65.2 Å². The molecule has 0 spiro atoms. The van der Waals surface area contributed by atoms with E-state index < -0.39 is 0 Å². The summed E-state index contributed by atoms with van der Waals surface area (Å²) in [5.74, 6) is 0. The number of fused-ring (bicyclic) bond motifs is 5. The van der Waals surface area contributed by atoms with Gasteiger partial charge in [0.15, 0.2) is 0 Å². The van der Waals surface area contributed by atoms with Crippen LogP contribution in [0.25, 0.3) is 26.6 Å². The minimum Gasteiger partial charge on any atom is -0.135 e. The summed E-state index contributed by atoms with van der Waals surface area (Å²) in [4.78, 5) is 1.49. The highest BCUT2D eigenvalue weighted by Crippen LogP contribution is 2.46. The van der Waals surface area contributed by atoms with Gasteiger partial charge in [-0.25, -0.2) is 0 Å². The van der Waals surface area contributed by atoms with Crippen molar-refractivity contribution in [3.8, 4) is 10.4 Å². The molecule has 0 saturated heterocycles. The van der Waals surface area contributed by atoms with E-state index in [0.717, 1.165) is 6.42 Å². The summed E-state index contributed by atoms with van der Waals surface area (Å²) < 4.78 is 1.44. The van der Waals surface area contributed by atoms with Crippen molar-refractivity contribution >= 4 is 27.5 Å². The molecule has 0 N–H and O–H groups in total. The fourth-order valence-corrected chi connectivity index (χ4v) is 5.34. The van der Waals surface area contributed by atoms with E-state index in [1.165, 1.54) is 82.2 Å². The summed E-state index contributed by atoms with van der Waals surface area (Å²) in [5.41, 5.74) is 5.81. The van der Waals surface area contributed by atoms with Crippen LogP contribution in [0.15, 0.2) is 48.5 Å². The van der Waals surface area contributed by atoms with E-state index in [2.05, 4.69) is 61.5 Å². The summed E-state index contributed by atoms with van der Waals surface area (Å²) in [5, 5.41) is 1.45. The number of hydrogen-bond donors (Lipinski definition) is 0. The smallest absolute Gasteiger partial charge is 0.0393 e. The topological polar surface area (TPSA) is 0 Å². The molecule has 1 aromatic heterocycles. The molecule has 3 aromatic rings. The van der Waals surface area contributed by atoms with Crippen LogP contribution in [-0.2, 0) is 6.42 Å². The van der Waals surface area contributed by atoms with Crippen molar-refractivity contribution in [2.45, 2.75) is 58.3 Å². The van der Waals surface area contributed by atoms with Gasteiger partial charge >= 0.3 is 0 Å². The summed E-state index contributed by atoms with van der Waals surface area (Å²) in [7, 11) is 0. The molecule has 26 heavy (non-hydrogen) atoms. The first-order valence-corrected chi connectivity index (χ1v) is 11.0. The van der Waals surface area contributed by atoms with Crippen molar-refractivity contribution in [1.29, 1.82) is 0 Å². The predicted octanol–water partition coefficient (Wildman–Crippen LogP) is 8.24. The maximum absolute atomic E-state index is 2.37. The first kappa shape index (κ1) is 17.5. The largest absolute Gasteiger partial charge is 0.135 e. The second kappa shape index (κ2) is 8.22. The van der Waals surface area contributed by atoms with Gasteiger partial charge < -0.3 is 0 Å². The molecule has 1 heteroatoms. The molecule has 0 nitrogen and oxygen atoms in total. The Hall–Kier alpha value is -1.86. The number of unbranched alkanes of at least 4 members (excludes halogenated alkanes) is 6. The molecular formula is C25H28S. The van der Waals surface area contributed by atoms with Gasteiger partial charge in [0, 0.05) is 16.0 Å². The third-order valence-corrected chi connectivity index (χ3v) is 6.71. The number of thiophene rings is 1. The SMILES string of the molecule is CCCCCCCC/C=C/c1ccc2c3c(sc2c1)-c1ccccc1C3. The molecular weight excluding hydrogens is 332 g/mol. The van der Waals surface area contributed by atoms with Gasteiger partial charge in [-0.15, -0.1) is 11.3 Å². The molecule has 0 aliphatic heterocycles. The van der Waals surface area contributed by atoms with Gasteiger partial charge in [-0.1, -0.05) is 87.6 Å². The Morgan fingerprint density at radius 1 is 0.962 bits per heavy atom. The number of benzene rings is 2. The van der Waals surface area contributed by atoms with Crippen molar-refractivity contribution in [2.24, 2.45) is 0 Å². The molecule has 1 heterocycles. The van der Waals surface area contributed by atoms with Gasteiger partial charge in [0.2, 0.25) is 0 Å². The van der Waals surface area contributed by atoms with Crippen molar-refractivity contribution in [1.82, 2.24) is 0 Å². The van der Waals surface area contributed by atoms with Crippen LogP contribution in [0, 0.1) is 0 Å². The quantitative estimate of drug-likeness (QED) is 0.277.